The molecule has 0 amide bonds. The highest BCUT2D eigenvalue weighted by molar-refractivity contribution is 5.40. The van der Waals surface area contributed by atoms with Gasteiger partial charge in [-0.1, -0.05) is 19.9 Å². The topological polar surface area (TPSA) is 28.2 Å². The minimum absolute atomic E-state index is 0.351. The maximum atomic E-state index is 4.54. The number of anilines is 1. The van der Waals surface area contributed by atoms with Crippen molar-refractivity contribution in [3.63, 3.8) is 0 Å². The van der Waals surface area contributed by atoms with E-state index in [1.165, 1.54) is 5.56 Å². The lowest BCUT2D eigenvalue weighted by Gasteiger charge is -2.29. The molecule has 0 saturated heterocycles. The largest absolute Gasteiger partial charge is 0.357 e. The second kappa shape index (κ2) is 6.01. The summed E-state index contributed by atoms with van der Waals surface area (Å²) in [7, 11) is 4.07. The summed E-state index contributed by atoms with van der Waals surface area (Å²) in [5.41, 5.74) is 1.22. The lowest BCUT2D eigenvalue weighted by Crippen LogP contribution is -2.33. The number of rotatable bonds is 5. The third kappa shape index (κ3) is 3.43. The Morgan fingerprint density at radius 3 is 2.24 bits per heavy atom. The second-order valence-electron chi connectivity index (χ2n) is 5.06. The molecule has 1 N–H and O–H groups in total. The number of pyridine rings is 1. The Balaban J connectivity index is 2.80. The monoisotopic (exact) mass is 235 g/mol. The molecule has 3 heteroatoms. The zero-order valence-corrected chi connectivity index (χ0v) is 11.9. The first-order valence-electron chi connectivity index (χ1n) is 6.33. The van der Waals surface area contributed by atoms with Crippen molar-refractivity contribution in [2.24, 2.45) is 5.92 Å². The molecule has 96 valence electrons. The SMILES string of the molecule is CNC(C)c1ccc(N(C)C(C)C(C)C)nc1. The lowest BCUT2D eigenvalue weighted by atomic mass is 10.1. The smallest absolute Gasteiger partial charge is 0.128 e. The predicted octanol–water partition coefficient (Wildman–Crippen LogP) is 2.84. The standard InChI is InChI=1S/C14H25N3/c1-10(2)12(4)17(6)14-8-7-13(9-16-14)11(3)15-5/h7-12,15H,1-6H3. The van der Waals surface area contributed by atoms with E-state index in [1.807, 2.05) is 13.2 Å². The maximum Gasteiger partial charge on any atom is 0.128 e. The van der Waals surface area contributed by atoms with Gasteiger partial charge in [0.15, 0.2) is 0 Å². The molecule has 0 bridgehead atoms. The van der Waals surface area contributed by atoms with Gasteiger partial charge in [-0.3, -0.25) is 0 Å². The highest BCUT2D eigenvalue weighted by Crippen LogP contribution is 2.19. The van der Waals surface area contributed by atoms with Crippen LogP contribution in [-0.2, 0) is 0 Å². The molecular formula is C14H25N3. The molecule has 2 atom stereocenters. The third-order valence-corrected chi connectivity index (χ3v) is 3.64. The molecule has 17 heavy (non-hydrogen) atoms. The zero-order valence-electron chi connectivity index (χ0n) is 11.9. The molecule has 0 aromatic carbocycles. The van der Waals surface area contributed by atoms with E-state index in [9.17, 15) is 0 Å². The maximum absolute atomic E-state index is 4.54. The molecule has 1 aromatic heterocycles. The van der Waals surface area contributed by atoms with Gasteiger partial charge >= 0.3 is 0 Å². The summed E-state index contributed by atoms with van der Waals surface area (Å²) in [6.45, 7) is 8.84. The summed E-state index contributed by atoms with van der Waals surface area (Å²) >= 11 is 0. The van der Waals surface area contributed by atoms with Crippen LogP contribution in [0.2, 0.25) is 0 Å². The summed E-state index contributed by atoms with van der Waals surface area (Å²) < 4.78 is 0. The average Bonchev–Trinajstić information content (AvgIpc) is 2.36. The Morgan fingerprint density at radius 2 is 1.82 bits per heavy atom. The van der Waals surface area contributed by atoms with Crippen LogP contribution in [0.3, 0.4) is 0 Å². The van der Waals surface area contributed by atoms with Crippen molar-refractivity contribution < 1.29 is 0 Å². The minimum atomic E-state index is 0.351. The van der Waals surface area contributed by atoms with E-state index >= 15 is 0 Å². The molecule has 0 aliphatic heterocycles. The van der Waals surface area contributed by atoms with Crippen LogP contribution in [0.25, 0.3) is 0 Å². The van der Waals surface area contributed by atoms with Crippen molar-refractivity contribution in [2.45, 2.75) is 39.8 Å². The van der Waals surface area contributed by atoms with E-state index in [4.69, 9.17) is 0 Å². The van der Waals surface area contributed by atoms with Crippen LogP contribution in [0, 0.1) is 5.92 Å². The van der Waals surface area contributed by atoms with E-state index in [-0.39, 0.29) is 0 Å². The molecule has 0 saturated carbocycles. The zero-order chi connectivity index (χ0) is 13.0. The first-order chi connectivity index (χ1) is 7.97. The van der Waals surface area contributed by atoms with E-state index < -0.39 is 0 Å². The number of nitrogens with zero attached hydrogens (tertiary/aromatic N) is 2. The molecule has 1 rings (SSSR count). The van der Waals surface area contributed by atoms with Gasteiger partial charge in [0.05, 0.1) is 0 Å². The van der Waals surface area contributed by atoms with E-state index in [0.717, 1.165) is 5.82 Å². The predicted molar refractivity (Wildman–Crippen MR) is 74.4 cm³/mol. The van der Waals surface area contributed by atoms with Crippen molar-refractivity contribution in [1.29, 1.82) is 0 Å². The molecule has 1 aromatic rings. The van der Waals surface area contributed by atoms with Crippen LogP contribution < -0.4 is 10.2 Å². The van der Waals surface area contributed by atoms with E-state index in [2.05, 4.69) is 62.1 Å². The fourth-order valence-corrected chi connectivity index (χ4v) is 1.68. The molecule has 1 heterocycles. The fourth-order valence-electron chi connectivity index (χ4n) is 1.68. The summed E-state index contributed by atoms with van der Waals surface area (Å²) in [4.78, 5) is 6.77. The van der Waals surface area contributed by atoms with Crippen LogP contribution >= 0.6 is 0 Å². The van der Waals surface area contributed by atoms with Crippen LogP contribution in [0.5, 0.6) is 0 Å². The van der Waals surface area contributed by atoms with Crippen molar-refractivity contribution in [2.75, 3.05) is 19.0 Å². The Hall–Kier alpha value is -1.09. The minimum Gasteiger partial charge on any atom is -0.357 e. The normalized spacial score (nSPS) is 14.8. The van der Waals surface area contributed by atoms with Gasteiger partial charge in [0.25, 0.3) is 0 Å². The average molecular weight is 235 g/mol. The summed E-state index contributed by atoms with van der Waals surface area (Å²) in [6.07, 6.45) is 1.96. The lowest BCUT2D eigenvalue weighted by molar-refractivity contribution is 0.502. The van der Waals surface area contributed by atoms with Gasteiger partial charge in [-0.05, 0) is 38.4 Å². The number of nitrogens with one attached hydrogen (secondary N) is 1. The van der Waals surface area contributed by atoms with Crippen molar-refractivity contribution in [3.8, 4) is 0 Å². The molecule has 3 nitrogen and oxygen atoms in total. The highest BCUT2D eigenvalue weighted by atomic mass is 15.2. The number of hydrogen-bond donors (Lipinski definition) is 1. The van der Waals surface area contributed by atoms with Crippen LogP contribution in [0.15, 0.2) is 18.3 Å². The molecule has 0 aliphatic carbocycles. The van der Waals surface area contributed by atoms with Crippen molar-refractivity contribution >= 4 is 5.82 Å². The molecular weight excluding hydrogens is 210 g/mol. The van der Waals surface area contributed by atoms with Gasteiger partial charge < -0.3 is 10.2 Å². The Kier molecular flexibility index (Phi) is 4.94. The quantitative estimate of drug-likeness (QED) is 0.850. The van der Waals surface area contributed by atoms with Crippen molar-refractivity contribution in [3.05, 3.63) is 23.9 Å². The van der Waals surface area contributed by atoms with Gasteiger partial charge in [-0.25, -0.2) is 4.98 Å². The van der Waals surface area contributed by atoms with Crippen LogP contribution in [0.4, 0.5) is 5.82 Å². The molecule has 0 spiro atoms. The third-order valence-electron chi connectivity index (χ3n) is 3.64. The second-order valence-corrected chi connectivity index (χ2v) is 5.06. The first kappa shape index (κ1) is 14.0. The van der Waals surface area contributed by atoms with E-state index in [0.29, 0.717) is 18.0 Å². The molecule has 0 radical (unpaired) electrons. The fraction of sp³-hybridized carbons (Fsp3) is 0.643. The van der Waals surface area contributed by atoms with Gasteiger partial charge in [0.2, 0.25) is 0 Å². The molecule has 0 fully saturated rings. The Labute approximate surface area is 105 Å². The van der Waals surface area contributed by atoms with Crippen molar-refractivity contribution in [1.82, 2.24) is 10.3 Å². The number of hydrogen-bond acceptors (Lipinski definition) is 3. The van der Waals surface area contributed by atoms with Gasteiger partial charge in [0.1, 0.15) is 5.82 Å². The summed E-state index contributed by atoms with van der Waals surface area (Å²) in [5.74, 6) is 1.66. The van der Waals surface area contributed by atoms with Crippen LogP contribution in [0.1, 0.15) is 39.3 Å². The van der Waals surface area contributed by atoms with E-state index in [1.54, 1.807) is 0 Å². The van der Waals surface area contributed by atoms with Gasteiger partial charge in [-0.2, -0.15) is 0 Å². The molecule has 2 unspecified atom stereocenters. The Bertz CT molecular complexity index is 332. The first-order valence-corrected chi connectivity index (χ1v) is 6.33. The summed E-state index contributed by atoms with van der Waals surface area (Å²) in [6, 6.07) is 5.09. The van der Waals surface area contributed by atoms with Crippen LogP contribution in [-0.4, -0.2) is 25.1 Å². The molecule has 0 aliphatic rings. The van der Waals surface area contributed by atoms with Gasteiger partial charge in [-0.15, -0.1) is 0 Å². The number of aromatic nitrogens is 1. The van der Waals surface area contributed by atoms with Gasteiger partial charge in [0, 0.05) is 25.3 Å². The Morgan fingerprint density at radius 1 is 1.18 bits per heavy atom. The summed E-state index contributed by atoms with van der Waals surface area (Å²) in [5, 5.41) is 3.22. The highest BCUT2D eigenvalue weighted by Gasteiger charge is 2.14.